The molecule has 0 aliphatic carbocycles. The van der Waals surface area contributed by atoms with Crippen molar-refractivity contribution >= 4 is 23.8 Å². The van der Waals surface area contributed by atoms with Gasteiger partial charge in [0.15, 0.2) is 0 Å². The highest BCUT2D eigenvalue weighted by atomic mass is 16.6. The fourth-order valence-electron chi connectivity index (χ4n) is 2.63. The van der Waals surface area contributed by atoms with Gasteiger partial charge in [0.2, 0.25) is 11.8 Å². The number of nitrogens with zero attached hydrogens (tertiary/aromatic N) is 1. The first-order valence-corrected chi connectivity index (χ1v) is 7.07. The maximum absolute atomic E-state index is 12.1. The average Bonchev–Trinajstić information content (AvgIpc) is 2.91. The van der Waals surface area contributed by atoms with Gasteiger partial charge in [0.1, 0.15) is 0 Å². The highest BCUT2D eigenvalue weighted by molar-refractivity contribution is 6.07. The van der Waals surface area contributed by atoms with Gasteiger partial charge < -0.3 is 10.1 Å². The summed E-state index contributed by atoms with van der Waals surface area (Å²) in [6, 6.07) is -0.570. The Morgan fingerprint density at radius 3 is 2.10 bits per heavy atom. The third kappa shape index (κ3) is 2.97. The molecule has 0 bridgehead atoms. The molecule has 0 aromatic carbocycles. The van der Waals surface area contributed by atoms with E-state index >= 15 is 0 Å². The summed E-state index contributed by atoms with van der Waals surface area (Å²) in [6.45, 7) is 7.21. The lowest BCUT2D eigenvalue weighted by atomic mass is 9.84. The van der Waals surface area contributed by atoms with Gasteiger partial charge in [-0.15, -0.1) is 0 Å². The Labute approximate surface area is 124 Å². The highest BCUT2D eigenvalue weighted by Crippen LogP contribution is 2.35. The van der Waals surface area contributed by atoms with Crippen molar-refractivity contribution in [2.45, 2.75) is 52.1 Å². The van der Waals surface area contributed by atoms with Crippen molar-refractivity contribution in [2.24, 2.45) is 5.92 Å². The van der Waals surface area contributed by atoms with Crippen LogP contribution in [0, 0.1) is 5.92 Å². The molecule has 0 radical (unpaired) electrons. The number of carbonyl (C=O) groups is 4. The van der Waals surface area contributed by atoms with Gasteiger partial charge in [0.25, 0.3) is 0 Å². The van der Waals surface area contributed by atoms with E-state index in [0.717, 1.165) is 4.90 Å². The van der Waals surface area contributed by atoms with Gasteiger partial charge in [-0.05, 0) is 20.9 Å². The zero-order valence-corrected chi connectivity index (χ0v) is 13.1. The first-order valence-electron chi connectivity index (χ1n) is 7.07. The summed E-state index contributed by atoms with van der Waals surface area (Å²) in [6.07, 6.45) is -0.0401. The van der Waals surface area contributed by atoms with E-state index in [1.165, 1.54) is 0 Å². The molecule has 2 heterocycles. The maximum Gasteiger partial charge on any atom is 0.319 e. The van der Waals surface area contributed by atoms with Gasteiger partial charge in [-0.25, -0.2) is 0 Å². The minimum absolute atomic E-state index is 0.0640. The molecule has 0 aromatic heterocycles. The van der Waals surface area contributed by atoms with Crippen molar-refractivity contribution in [2.75, 3.05) is 7.05 Å². The molecule has 0 spiro atoms. The van der Waals surface area contributed by atoms with Crippen LogP contribution in [0.15, 0.2) is 0 Å². The second-order valence-electron chi connectivity index (χ2n) is 5.32. The molecule has 0 aromatic rings. The lowest BCUT2D eigenvalue weighted by Gasteiger charge is -2.36. The summed E-state index contributed by atoms with van der Waals surface area (Å²) in [5.74, 6) is -2.81. The number of esters is 2. The summed E-state index contributed by atoms with van der Waals surface area (Å²) >= 11 is 0. The maximum atomic E-state index is 12.1. The van der Waals surface area contributed by atoms with E-state index in [1.54, 1.807) is 20.9 Å². The Morgan fingerprint density at radius 1 is 1.14 bits per heavy atom. The quantitative estimate of drug-likeness (QED) is 0.455. The molecule has 2 aliphatic rings. The third-order valence-corrected chi connectivity index (χ3v) is 3.79. The van der Waals surface area contributed by atoms with Crippen molar-refractivity contribution in [3.05, 3.63) is 0 Å². The minimum atomic E-state index is -1.07. The zero-order valence-electron chi connectivity index (χ0n) is 13.1. The Balaban J connectivity index is 0.00000106. The zero-order chi connectivity index (χ0) is 16.4. The topological polar surface area (TPSA) is 92.8 Å². The number of hydrogen-bond acceptors (Lipinski definition) is 6. The Morgan fingerprint density at radius 2 is 1.71 bits per heavy atom. The van der Waals surface area contributed by atoms with Crippen molar-refractivity contribution in [3.8, 4) is 0 Å². The van der Waals surface area contributed by atoms with E-state index in [2.05, 4.69) is 10.1 Å². The number of amides is 2. The summed E-state index contributed by atoms with van der Waals surface area (Å²) in [5, 5.41) is 2.76. The number of hydrogen-bond donors (Lipinski definition) is 1. The van der Waals surface area contributed by atoms with E-state index < -0.39 is 29.4 Å². The molecular weight excluding hydrogens is 276 g/mol. The second kappa shape index (κ2) is 6.34. The number of rotatable bonds is 3. The molecule has 2 rings (SSSR count). The van der Waals surface area contributed by atoms with E-state index in [4.69, 9.17) is 0 Å². The van der Waals surface area contributed by atoms with E-state index in [9.17, 15) is 19.2 Å². The van der Waals surface area contributed by atoms with Crippen LogP contribution in [-0.4, -0.2) is 47.3 Å². The van der Waals surface area contributed by atoms with Gasteiger partial charge in [-0.1, -0.05) is 13.8 Å². The van der Waals surface area contributed by atoms with Crippen LogP contribution in [0.5, 0.6) is 0 Å². The van der Waals surface area contributed by atoms with Crippen LogP contribution in [0.1, 0.15) is 40.5 Å². The minimum Gasteiger partial charge on any atom is -0.393 e. The Hall–Kier alpha value is -1.76. The average molecular weight is 298 g/mol. The number of carbonyl (C=O) groups excluding carboxylic acids is 4. The molecule has 7 nitrogen and oxygen atoms in total. The number of likely N-dealkylation sites (N-methyl/N-ethyl adjacent to an activating group) is 1. The number of ether oxygens (including phenoxy) is 1. The first-order chi connectivity index (χ1) is 9.78. The lowest BCUT2D eigenvalue weighted by molar-refractivity contribution is -0.155. The van der Waals surface area contributed by atoms with Crippen molar-refractivity contribution in [3.63, 3.8) is 0 Å². The Kier molecular flexibility index (Phi) is 5.22. The van der Waals surface area contributed by atoms with E-state index in [1.807, 2.05) is 13.8 Å². The normalized spacial score (nSPS) is 25.9. The largest absolute Gasteiger partial charge is 0.393 e. The fraction of sp³-hybridized carbons (Fsp3) is 0.714. The predicted molar refractivity (Wildman–Crippen MR) is 74.0 cm³/mol. The molecule has 2 saturated heterocycles. The third-order valence-electron chi connectivity index (χ3n) is 3.79. The van der Waals surface area contributed by atoms with Gasteiger partial charge in [0, 0.05) is 0 Å². The van der Waals surface area contributed by atoms with Crippen LogP contribution in [0.4, 0.5) is 0 Å². The number of cyclic esters (lactones) is 2. The molecule has 21 heavy (non-hydrogen) atoms. The van der Waals surface area contributed by atoms with Crippen LogP contribution in [0.2, 0.25) is 0 Å². The second-order valence-corrected chi connectivity index (χ2v) is 5.32. The van der Waals surface area contributed by atoms with Crippen molar-refractivity contribution < 1.29 is 23.9 Å². The Bertz CT molecular complexity index is 472. The molecule has 2 unspecified atom stereocenters. The summed E-state index contributed by atoms with van der Waals surface area (Å²) in [7, 11) is 1.60. The molecule has 7 heteroatoms. The van der Waals surface area contributed by atoms with Gasteiger partial charge in [-0.2, -0.15) is 0 Å². The van der Waals surface area contributed by atoms with Crippen molar-refractivity contribution in [1.82, 2.24) is 10.2 Å². The number of nitrogens with one attached hydrogen (secondary N) is 1. The molecule has 1 N–H and O–H groups in total. The van der Waals surface area contributed by atoms with Crippen LogP contribution >= 0.6 is 0 Å². The first kappa shape index (κ1) is 17.3. The van der Waals surface area contributed by atoms with Crippen LogP contribution in [0.25, 0.3) is 0 Å². The highest BCUT2D eigenvalue weighted by Gasteiger charge is 2.54. The van der Waals surface area contributed by atoms with Gasteiger partial charge >= 0.3 is 11.9 Å². The standard InChI is InChI=1S/C12H16N2O5.C2H6/c1-12(2,6-4-9(16)19-11(6)18)14-8(15)5-7(13-3)10(14)17;1-2/h6-7,13H,4-5H2,1-3H3;1-2H3. The number of likely N-dealkylation sites (tertiary alicyclic amines) is 1. The fourth-order valence-corrected chi connectivity index (χ4v) is 2.63. The molecule has 2 amide bonds. The van der Waals surface area contributed by atoms with Crippen LogP contribution < -0.4 is 5.32 Å². The van der Waals surface area contributed by atoms with Gasteiger partial charge in [-0.3, -0.25) is 24.1 Å². The molecule has 2 atom stereocenters. The van der Waals surface area contributed by atoms with Crippen LogP contribution in [0.3, 0.4) is 0 Å². The molecule has 0 saturated carbocycles. The monoisotopic (exact) mass is 298 g/mol. The van der Waals surface area contributed by atoms with E-state index in [0.29, 0.717) is 0 Å². The summed E-state index contributed by atoms with van der Waals surface area (Å²) in [4.78, 5) is 48.0. The summed E-state index contributed by atoms with van der Waals surface area (Å²) in [5.41, 5.74) is -1.07. The number of imide groups is 1. The lowest BCUT2D eigenvalue weighted by Crippen LogP contribution is -2.54. The van der Waals surface area contributed by atoms with E-state index in [-0.39, 0.29) is 24.7 Å². The molecule has 118 valence electrons. The molecular formula is C14H22N2O5. The predicted octanol–water partition coefficient (Wildman–Crippen LogP) is 0.228. The van der Waals surface area contributed by atoms with Crippen molar-refractivity contribution in [1.29, 1.82) is 0 Å². The smallest absolute Gasteiger partial charge is 0.319 e. The molecule has 2 aliphatic heterocycles. The van der Waals surface area contributed by atoms with Gasteiger partial charge in [0.05, 0.1) is 30.3 Å². The van der Waals surface area contributed by atoms with Crippen LogP contribution in [-0.2, 0) is 23.9 Å². The SMILES string of the molecule is CC.CNC1CC(=O)N(C(C)(C)C2CC(=O)OC2=O)C1=O. The molecule has 2 fully saturated rings. The summed E-state index contributed by atoms with van der Waals surface area (Å²) < 4.78 is 4.50.